The van der Waals surface area contributed by atoms with Crippen LogP contribution < -0.4 is 21.9 Å². The van der Waals surface area contributed by atoms with Gasteiger partial charge in [-0.1, -0.05) is 41.1 Å². The highest BCUT2D eigenvalue weighted by molar-refractivity contribution is 9.10. The zero-order chi connectivity index (χ0) is 25.7. The van der Waals surface area contributed by atoms with Gasteiger partial charge in [0.25, 0.3) is 5.56 Å². The number of aromatic nitrogens is 2. The summed E-state index contributed by atoms with van der Waals surface area (Å²) in [6, 6.07) is 15.5. The molecule has 0 bridgehead atoms. The van der Waals surface area contributed by atoms with Crippen LogP contribution in [0.15, 0.2) is 62.6 Å². The lowest BCUT2D eigenvalue weighted by Gasteiger charge is -2.34. The van der Waals surface area contributed by atoms with Crippen LogP contribution in [0.5, 0.6) is 0 Å². The standard InChI is InChI=1S/C27H32BrN5O3/c1-3-19-15-22(11-6-18(19)2)30-24-16-26(35)33(27(36)31-24)13-4-5-25(34)32-14-12-29-23(17-32)20-7-9-21(28)10-8-20/h6-11,15-16,23,29-30H,3-5,12-14,17H2,1-2H3,(H,31,36). The van der Waals surface area contributed by atoms with Crippen molar-refractivity contribution in [3.8, 4) is 0 Å². The number of carbonyl (C=O) groups is 1. The average Bonchev–Trinajstić information content (AvgIpc) is 2.87. The van der Waals surface area contributed by atoms with Crippen molar-refractivity contribution in [2.24, 2.45) is 0 Å². The Bertz CT molecular complexity index is 1300. The predicted octanol–water partition coefficient (Wildman–Crippen LogP) is 3.87. The third-order valence-corrected chi connectivity index (χ3v) is 7.13. The van der Waals surface area contributed by atoms with Crippen molar-refractivity contribution in [1.82, 2.24) is 19.8 Å². The predicted molar refractivity (Wildman–Crippen MR) is 146 cm³/mol. The smallest absolute Gasteiger partial charge is 0.329 e. The molecule has 1 fully saturated rings. The molecule has 4 rings (SSSR count). The molecule has 1 aromatic heterocycles. The number of halogens is 1. The molecule has 1 saturated heterocycles. The monoisotopic (exact) mass is 553 g/mol. The zero-order valence-electron chi connectivity index (χ0n) is 20.6. The van der Waals surface area contributed by atoms with Gasteiger partial charge in [0, 0.05) is 54.9 Å². The molecule has 0 spiro atoms. The van der Waals surface area contributed by atoms with Gasteiger partial charge in [-0.25, -0.2) is 4.79 Å². The molecule has 8 nitrogen and oxygen atoms in total. The van der Waals surface area contributed by atoms with Crippen LogP contribution in [0.25, 0.3) is 0 Å². The van der Waals surface area contributed by atoms with E-state index < -0.39 is 11.2 Å². The van der Waals surface area contributed by atoms with E-state index in [-0.39, 0.29) is 24.9 Å². The van der Waals surface area contributed by atoms with Crippen molar-refractivity contribution in [3.05, 3.63) is 90.5 Å². The molecule has 190 valence electrons. The maximum Gasteiger partial charge on any atom is 0.329 e. The van der Waals surface area contributed by atoms with E-state index in [1.54, 1.807) is 0 Å². The van der Waals surface area contributed by atoms with Crippen LogP contribution in [-0.2, 0) is 17.8 Å². The fourth-order valence-electron chi connectivity index (χ4n) is 4.53. The van der Waals surface area contributed by atoms with Crippen molar-refractivity contribution in [1.29, 1.82) is 0 Å². The first-order valence-corrected chi connectivity index (χ1v) is 13.1. The molecular formula is C27H32BrN5O3. The minimum Gasteiger partial charge on any atom is -0.342 e. The SMILES string of the molecule is CCc1cc(Nc2cc(=O)n(CCCC(=O)N3CCNC(c4ccc(Br)cc4)C3)c(=O)[nH]2)ccc1C. The summed E-state index contributed by atoms with van der Waals surface area (Å²) >= 11 is 3.45. The third kappa shape index (κ3) is 6.33. The summed E-state index contributed by atoms with van der Waals surface area (Å²) in [4.78, 5) is 42.6. The molecule has 3 N–H and O–H groups in total. The molecule has 1 atom stereocenters. The van der Waals surface area contributed by atoms with Crippen LogP contribution in [0.2, 0.25) is 0 Å². The van der Waals surface area contributed by atoms with Gasteiger partial charge in [-0.3, -0.25) is 19.1 Å². The van der Waals surface area contributed by atoms with Crippen molar-refractivity contribution < 1.29 is 4.79 Å². The maximum absolute atomic E-state index is 12.8. The number of aromatic amines is 1. The second kappa shape index (κ2) is 11.7. The van der Waals surface area contributed by atoms with Gasteiger partial charge in [-0.05, 0) is 60.7 Å². The molecule has 9 heteroatoms. The number of hydrogen-bond acceptors (Lipinski definition) is 5. The summed E-state index contributed by atoms with van der Waals surface area (Å²) in [5.41, 5.74) is 3.47. The Kier molecular flexibility index (Phi) is 8.43. The van der Waals surface area contributed by atoms with E-state index in [9.17, 15) is 14.4 Å². The van der Waals surface area contributed by atoms with Gasteiger partial charge in [0.15, 0.2) is 0 Å². The van der Waals surface area contributed by atoms with E-state index in [1.165, 1.54) is 17.2 Å². The highest BCUT2D eigenvalue weighted by atomic mass is 79.9. The number of hydrogen-bond donors (Lipinski definition) is 3. The third-order valence-electron chi connectivity index (χ3n) is 6.60. The molecule has 1 amide bonds. The first-order valence-electron chi connectivity index (χ1n) is 12.3. The largest absolute Gasteiger partial charge is 0.342 e. The normalized spacial score (nSPS) is 15.6. The quantitative estimate of drug-likeness (QED) is 0.393. The first-order chi connectivity index (χ1) is 17.3. The van der Waals surface area contributed by atoms with E-state index in [1.807, 2.05) is 35.2 Å². The number of rotatable bonds is 8. The summed E-state index contributed by atoms with van der Waals surface area (Å²) in [5.74, 6) is 0.385. The van der Waals surface area contributed by atoms with Gasteiger partial charge < -0.3 is 15.5 Å². The van der Waals surface area contributed by atoms with E-state index in [2.05, 4.69) is 57.5 Å². The minimum atomic E-state index is -0.488. The van der Waals surface area contributed by atoms with Crippen molar-refractivity contribution >= 4 is 33.3 Å². The second-order valence-corrected chi connectivity index (χ2v) is 10.0. The van der Waals surface area contributed by atoms with Crippen molar-refractivity contribution in [2.45, 2.75) is 45.7 Å². The van der Waals surface area contributed by atoms with Crippen LogP contribution in [0, 0.1) is 6.92 Å². The van der Waals surface area contributed by atoms with Crippen LogP contribution in [0.3, 0.4) is 0 Å². The summed E-state index contributed by atoms with van der Waals surface area (Å²) in [6.45, 7) is 6.29. The molecule has 0 radical (unpaired) electrons. The Labute approximate surface area is 218 Å². The van der Waals surface area contributed by atoms with Gasteiger partial charge in [0.1, 0.15) is 5.82 Å². The molecule has 0 saturated carbocycles. The van der Waals surface area contributed by atoms with Gasteiger partial charge in [-0.15, -0.1) is 0 Å². The summed E-state index contributed by atoms with van der Waals surface area (Å²) in [7, 11) is 0. The van der Waals surface area contributed by atoms with Gasteiger partial charge >= 0.3 is 5.69 Å². The lowest BCUT2D eigenvalue weighted by Crippen LogP contribution is -2.48. The highest BCUT2D eigenvalue weighted by Crippen LogP contribution is 2.21. The Morgan fingerprint density at radius 2 is 1.92 bits per heavy atom. The number of piperazine rings is 1. The second-order valence-electron chi connectivity index (χ2n) is 9.10. The molecule has 1 aliphatic rings. The number of benzene rings is 2. The number of nitrogens with zero attached hydrogens (tertiary/aromatic N) is 2. The van der Waals surface area contributed by atoms with Crippen LogP contribution >= 0.6 is 15.9 Å². The Morgan fingerprint density at radius 3 is 2.64 bits per heavy atom. The maximum atomic E-state index is 12.8. The van der Waals surface area contributed by atoms with E-state index >= 15 is 0 Å². The molecule has 1 unspecified atom stereocenters. The topological polar surface area (TPSA) is 99.2 Å². The Morgan fingerprint density at radius 1 is 1.14 bits per heavy atom. The van der Waals surface area contributed by atoms with Gasteiger partial charge in [0.05, 0.1) is 0 Å². The molecule has 2 heterocycles. The van der Waals surface area contributed by atoms with E-state index in [4.69, 9.17) is 0 Å². The number of anilines is 2. The number of amides is 1. The first kappa shape index (κ1) is 25.9. The number of aryl methyl sites for hydroxylation is 2. The summed E-state index contributed by atoms with van der Waals surface area (Å²) < 4.78 is 2.16. The number of carbonyl (C=O) groups excluding carboxylic acids is 1. The minimum absolute atomic E-state index is 0.0347. The molecule has 3 aromatic rings. The fourth-order valence-corrected chi connectivity index (χ4v) is 4.79. The zero-order valence-corrected chi connectivity index (χ0v) is 22.2. The Balaban J connectivity index is 1.33. The van der Waals surface area contributed by atoms with E-state index in [0.717, 1.165) is 33.3 Å². The number of H-pyrrole nitrogens is 1. The fraction of sp³-hybridized carbons (Fsp3) is 0.370. The molecule has 0 aliphatic carbocycles. The highest BCUT2D eigenvalue weighted by Gasteiger charge is 2.24. The van der Waals surface area contributed by atoms with Crippen LogP contribution in [-0.4, -0.2) is 40.0 Å². The lowest BCUT2D eigenvalue weighted by molar-refractivity contribution is -0.132. The summed E-state index contributed by atoms with van der Waals surface area (Å²) in [5, 5.41) is 6.58. The van der Waals surface area contributed by atoms with Crippen molar-refractivity contribution in [2.75, 3.05) is 25.0 Å². The van der Waals surface area contributed by atoms with Crippen LogP contribution in [0.4, 0.5) is 11.5 Å². The van der Waals surface area contributed by atoms with E-state index in [0.29, 0.717) is 25.3 Å². The number of nitrogens with one attached hydrogen (secondary N) is 3. The lowest BCUT2D eigenvalue weighted by atomic mass is 10.0. The Hall–Kier alpha value is -3.17. The van der Waals surface area contributed by atoms with Gasteiger partial charge in [-0.2, -0.15) is 0 Å². The average molecular weight is 554 g/mol. The molecular weight excluding hydrogens is 522 g/mol. The molecule has 1 aliphatic heterocycles. The molecule has 36 heavy (non-hydrogen) atoms. The van der Waals surface area contributed by atoms with Gasteiger partial charge in [0.2, 0.25) is 5.91 Å². The summed E-state index contributed by atoms with van der Waals surface area (Å²) in [6.07, 6.45) is 1.60. The van der Waals surface area contributed by atoms with Crippen LogP contribution in [0.1, 0.15) is 42.5 Å². The molecule has 2 aromatic carbocycles. The van der Waals surface area contributed by atoms with Crippen molar-refractivity contribution in [3.63, 3.8) is 0 Å².